The lowest BCUT2D eigenvalue weighted by molar-refractivity contribution is -0.117. The van der Waals surface area contributed by atoms with Crippen molar-refractivity contribution < 1.29 is 9.59 Å². The van der Waals surface area contributed by atoms with Gasteiger partial charge in [0, 0.05) is 23.6 Å². The highest BCUT2D eigenvalue weighted by atomic mass is 16.2. The third-order valence-electron chi connectivity index (χ3n) is 3.70. The highest BCUT2D eigenvalue weighted by Crippen LogP contribution is 2.31. The van der Waals surface area contributed by atoms with E-state index in [0.717, 1.165) is 16.8 Å². The Kier molecular flexibility index (Phi) is 4.07. The van der Waals surface area contributed by atoms with E-state index in [1.165, 1.54) is 0 Å². The van der Waals surface area contributed by atoms with E-state index in [4.69, 9.17) is 6.42 Å². The number of fused-ring (bicyclic) bond motifs is 1. The highest BCUT2D eigenvalue weighted by Gasteiger charge is 2.28. The number of terminal acetylenes is 1. The number of carbonyl (C=O) groups excluding carboxylic acids is 2. The lowest BCUT2D eigenvalue weighted by atomic mass is 10.1. The molecule has 0 radical (unpaired) electrons. The van der Waals surface area contributed by atoms with Crippen LogP contribution in [-0.4, -0.2) is 23.3 Å². The van der Waals surface area contributed by atoms with Crippen LogP contribution in [0.1, 0.15) is 21.5 Å². The maximum atomic E-state index is 12.3. The van der Waals surface area contributed by atoms with E-state index in [-0.39, 0.29) is 18.4 Å². The fourth-order valence-corrected chi connectivity index (χ4v) is 2.58. The molecule has 1 aromatic heterocycles. The summed E-state index contributed by atoms with van der Waals surface area (Å²) < 4.78 is 0. The van der Waals surface area contributed by atoms with E-state index in [1.807, 2.05) is 18.2 Å². The Hall–Kier alpha value is -3.13. The van der Waals surface area contributed by atoms with Gasteiger partial charge in [0.05, 0.1) is 19.5 Å². The minimum Gasteiger partial charge on any atom is -0.341 e. The van der Waals surface area contributed by atoms with E-state index in [2.05, 4.69) is 16.2 Å². The minimum atomic E-state index is -0.244. The van der Waals surface area contributed by atoms with Gasteiger partial charge in [0.25, 0.3) is 5.91 Å². The van der Waals surface area contributed by atoms with Gasteiger partial charge in [0.1, 0.15) is 0 Å². The van der Waals surface area contributed by atoms with Crippen LogP contribution in [0.3, 0.4) is 0 Å². The standard InChI is InChI=1S/C18H15N3O2/c1-2-7-20-18(23)15-6-5-14-10-17(22)21(16(14)9-15)12-13-4-3-8-19-11-13/h1,3-6,8-9,11H,7,10,12H2,(H,20,23). The van der Waals surface area contributed by atoms with Gasteiger partial charge in [0.15, 0.2) is 0 Å². The lowest BCUT2D eigenvalue weighted by Gasteiger charge is -2.18. The van der Waals surface area contributed by atoms with Gasteiger partial charge in [-0.1, -0.05) is 18.1 Å². The van der Waals surface area contributed by atoms with Crippen LogP contribution < -0.4 is 10.2 Å². The Bertz CT molecular complexity index is 794. The summed E-state index contributed by atoms with van der Waals surface area (Å²) in [5.41, 5.74) is 3.13. The Labute approximate surface area is 134 Å². The number of hydrogen-bond acceptors (Lipinski definition) is 3. The molecule has 114 valence electrons. The fourth-order valence-electron chi connectivity index (χ4n) is 2.58. The van der Waals surface area contributed by atoms with E-state index in [0.29, 0.717) is 18.5 Å². The van der Waals surface area contributed by atoms with Crippen LogP contribution in [0.2, 0.25) is 0 Å². The second kappa shape index (κ2) is 6.32. The third kappa shape index (κ3) is 3.06. The summed E-state index contributed by atoms with van der Waals surface area (Å²) in [6.45, 7) is 0.614. The first kappa shape index (κ1) is 14.8. The summed E-state index contributed by atoms with van der Waals surface area (Å²) >= 11 is 0. The van der Waals surface area contributed by atoms with Gasteiger partial charge in [-0.15, -0.1) is 6.42 Å². The molecular weight excluding hydrogens is 290 g/mol. The molecule has 1 N–H and O–H groups in total. The smallest absolute Gasteiger partial charge is 0.252 e. The topological polar surface area (TPSA) is 62.3 Å². The molecule has 1 aliphatic rings. The fraction of sp³-hybridized carbons (Fsp3) is 0.167. The molecule has 0 saturated carbocycles. The third-order valence-corrected chi connectivity index (χ3v) is 3.70. The predicted molar refractivity (Wildman–Crippen MR) is 86.7 cm³/mol. The van der Waals surface area contributed by atoms with Crippen molar-refractivity contribution in [1.29, 1.82) is 0 Å². The molecule has 2 aromatic rings. The van der Waals surface area contributed by atoms with Crippen molar-refractivity contribution in [2.45, 2.75) is 13.0 Å². The van der Waals surface area contributed by atoms with E-state index in [1.54, 1.807) is 29.4 Å². The van der Waals surface area contributed by atoms with Crippen LogP contribution in [0.15, 0.2) is 42.7 Å². The Balaban J connectivity index is 1.87. The first-order valence-corrected chi connectivity index (χ1v) is 7.23. The molecule has 1 aliphatic heterocycles. The van der Waals surface area contributed by atoms with Crippen LogP contribution in [0.5, 0.6) is 0 Å². The van der Waals surface area contributed by atoms with Gasteiger partial charge >= 0.3 is 0 Å². The molecule has 0 saturated heterocycles. The zero-order valence-corrected chi connectivity index (χ0v) is 12.5. The molecule has 1 aromatic carbocycles. The van der Waals surface area contributed by atoms with Crippen molar-refractivity contribution in [2.24, 2.45) is 0 Å². The van der Waals surface area contributed by atoms with Crippen LogP contribution in [0.4, 0.5) is 5.69 Å². The van der Waals surface area contributed by atoms with E-state index >= 15 is 0 Å². The molecule has 5 nitrogen and oxygen atoms in total. The number of rotatable bonds is 4. The molecule has 0 aliphatic carbocycles. The summed E-state index contributed by atoms with van der Waals surface area (Å²) in [7, 11) is 0. The summed E-state index contributed by atoms with van der Waals surface area (Å²) in [4.78, 5) is 30.0. The highest BCUT2D eigenvalue weighted by molar-refractivity contribution is 6.03. The number of aromatic nitrogens is 1. The Morgan fingerprint density at radius 3 is 3.00 bits per heavy atom. The number of benzene rings is 1. The van der Waals surface area contributed by atoms with Crippen LogP contribution in [0.25, 0.3) is 0 Å². The van der Waals surface area contributed by atoms with Crippen molar-refractivity contribution >= 4 is 17.5 Å². The van der Waals surface area contributed by atoms with Crippen molar-refractivity contribution in [2.75, 3.05) is 11.4 Å². The Morgan fingerprint density at radius 1 is 1.39 bits per heavy atom. The van der Waals surface area contributed by atoms with Gasteiger partial charge in [-0.3, -0.25) is 14.6 Å². The van der Waals surface area contributed by atoms with Crippen molar-refractivity contribution in [3.8, 4) is 12.3 Å². The first-order valence-electron chi connectivity index (χ1n) is 7.23. The van der Waals surface area contributed by atoms with E-state index < -0.39 is 0 Å². The minimum absolute atomic E-state index is 0.0186. The molecule has 0 bridgehead atoms. The van der Waals surface area contributed by atoms with Crippen LogP contribution >= 0.6 is 0 Å². The lowest BCUT2D eigenvalue weighted by Crippen LogP contribution is -2.27. The SMILES string of the molecule is C#CCNC(=O)c1ccc2c(c1)N(Cc1cccnc1)C(=O)C2. The maximum Gasteiger partial charge on any atom is 0.252 e. The Morgan fingerprint density at radius 2 is 2.26 bits per heavy atom. The molecule has 23 heavy (non-hydrogen) atoms. The van der Waals surface area contributed by atoms with Crippen LogP contribution in [0, 0.1) is 12.3 Å². The van der Waals surface area contributed by atoms with Gasteiger partial charge in [-0.25, -0.2) is 0 Å². The number of pyridine rings is 1. The molecule has 3 rings (SSSR count). The van der Waals surface area contributed by atoms with Crippen LogP contribution in [-0.2, 0) is 17.8 Å². The molecular formula is C18H15N3O2. The van der Waals surface area contributed by atoms with Crippen molar-refractivity contribution in [3.63, 3.8) is 0 Å². The summed E-state index contributed by atoms with van der Waals surface area (Å²) in [6.07, 6.45) is 8.92. The number of nitrogens with one attached hydrogen (secondary N) is 1. The first-order chi connectivity index (χ1) is 11.2. The molecule has 0 atom stereocenters. The van der Waals surface area contributed by atoms with Gasteiger partial charge in [-0.2, -0.15) is 0 Å². The maximum absolute atomic E-state index is 12.3. The van der Waals surface area contributed by atoms with Gasteiger partial charge in [0.2, 0.25) is 5.91 Å². The second-order valence-corrected chi connectivity index (χ2v) is 5.25. The number of anilines is 1. The van der Waals surface area contributed by atoms with Crippen molar-refractivity contribution in [3.05, 3.63) is 59.4 Å². The number of hydrogen-bond donors (Lipinski definition) is 1. The molecule has 5 heteroatoms. The average Bonchev–Trinajstić information content (AvgIpc) is 2.88. The van der Waals surface area contributed by atoms with E-state index in [9.17, 15) is 9.59 Å². The molecule has 0 unspecified atom stereocenters. The molecule has 0 spiro atoms. The zero-order valence-electron chi connectivity index (χ0n) is 12.5. The summed E-state index contributed by atoms with van der Waals surface area (Å²) in [5, 5.41) is 2.63. The number of amides is 2. The monoisotopic (exact) mass is 305 g/mol. The molecule has 2 heterocycles. The van der Waals surface area contributed by atoms with Crippen molar-refractivity contribution in [1.82, 2.24) is 10.3 Å². The number of nitrogens with zero attached hydrogens (tertiary/aromatic N) is 2. The normalized spacial score (nSPS) is 12.7. The quantitative estimate of drug-likeness (QED) is 0.872. The predicted octanol–water partition coefficient (Wildman–Crippen LogP) is 1.53. The largest absolute Gasteiger partial charge is 0.341 e. The molecule has 0 fully saturated rings. The molecule has 2 amide bonds. The van der Waals surface area contributed by atoms with Gasteiger partial charge < -0.3 is 10.2 Å². The second-order valence-electron chi connectivity index (χ2n) is 5.25. The number of carbonyl (C=O) groups is 2. The summed E-state index contributed by atoms with van der Waals surface area (Å²) in [5.74, 6) is 2.14. The average molecular weight is 305 g/mol. The summed E-state index contributed by atoms with van der Waals surface area (Å²) in [6, 6.07) is 9.03. The van der Waals surface area contributed by atoms with Gasteiger partial charge in [-0.05, 0) is 29.3 Å². The zero-order chi connectivity index (χ0) is 16.2.